The van der Waals surface area contributed by atoms with Crippen molar-refractivity contribution in [1.82, 2.24) is 15.1 Å². The Labute approximate surface area is 125 Å². The molecular formula is C17H33N3. The van der Waals surface area contributed by atoms with Crippen LogP contribution in [0.15, 0.2) is 6.07 Å². The van der Waals surface area contributed by atoms with Gasteiger partial charge >= 0.3 is 0 Å². The fourth-order valence-electron chi connectivity index (χ4n) is 2.42. The second-order valence-electron chi connectivity index (χ2n) is 7.42. The first-order valence-electron chi connectivity index (χ1n) is 7.96. The monoisotopic (exact) mass is 279 g/mol. The van der Waals surface area contributed by atoms with E-state index in [1.54, 1.807) is 0 Å². The Hall–Kier alpha value is -0.830. The first-order valence-corrected chi connectivity index (χ1v) is 7.96. The fourth-order valence-corrected chi connectivity index (χ4v) is 2.42. The molecule has 1 N–H and O–H groups in total. The Bertz CT molecular complexity index is 399. The summed E-state index contributed by atoms with van der Waals surface area (Å²) in [5.74, 6) is 1.33. The number of hydrogen-bond acceptors (Lipinski definition) is 2. The average molecular weight is 279 g/mol. The number of nitrogens with zero attached hydrogens (tertiary/aromatic N) is 2. The fraction of sp³-hybridized carbons (Fsp3) is 0.824. The lowest BCUT2D eigenvalue weighted by atomic mass is 9.78. The lowest BCUT2D eigenvalue weighted by Crippen LogP contribution is -2.35. The molecule has 0 fully saturated rings. The third-order valence-corrected chi connectivity index (χ3v) is 4.01. The molecule has 0 aromatic carbocycles. The van der Waals surface area contributed by atoms with Crippen molar-refractivity contribution in [2.45, 2.75) is 54.4 Å². The van der Waals surface area contributed by atoms with Gasteiger partial charge in [-0.2, -0.15) is 5.10 Å². The zero-order chi connectivity index (χ0) is 15.3. The highest BCUT2D eigenvalue weighted by molar-refractivity contribution is 5.11. The van der Waals surface area contributed by atoms with Crippen LogP contribution in [-0.4, -0.2) is 22.9 Å². The molecule has 1 aromatic rings. The number of nitrogens with one attached hydrogen (secondary N) is 1. The summed E-state index contributed by atoms with van der Waals surface area (Å²) in [5, 5.41) is 8.19. The van der Waals surface area contributed by atoms with Crippen LogP contribution in [-0.2, 0) is 19.9 Å². The Kier molecular flexibility index (Phi) is 6.25. The zero-order valence-corrected chi connectivity index (χ0v) is 14.5. The van der Waals surface area contributed by atoms with Gasteiger partial charge < -0.3 is 5.32 Å². The van der Waals surface area contributed by atoms with Gasteiger partial charge in [-0.1, -0.05) is 41.5 Å². The van der Waals surface area contributed by atoms with E-state index >= 15 is 0 Å². The largest absolute Gasteiger partial charge is 0.316 e. The van der Waals surface area contributed by atoms with Crippen molar-refractivity contribution >= 4 is 0 Å². The van der Waals surface area contributed by atoms with E-state index in [4.69, 9.17) is 0 Å². The molecule has 0 spiro atoms. The maximum Gasteiger partial charge on any atom is 0.0624 e. The van der Waals surface area contributed by atoms with E-state index < -0.39 is 0 Å². The first kappa shape index (κ1) is 17.2. The van der Waals surface area contributed by atoms with Gasteiger partial charge in [0.2, 0.25) is 0 Å². The summed E-state index contributed by atoms with van der Waals surface area (Å²) in [4.78, 5) is 0. The molecule has 1 rings (SSSR count). The molecule has 116 valence electrons. The normalized spacial score (nSPS) is 14.0. The van der Waals surface area contributed by atoms with Gasteiger partial charge in [0.05, 0.1) is 5.69 Å². The minimum Gasteiger partial charge on any atom is -0.316 e. The molecular weight excluding hydrogens is 246 g/mol. The third-order valence-electron chi connectivity index (χ3n) is 4.01. The van der Waals surface area contributed by atoms with Crippen LogP contribution < -0.4 is 5.32 Å². The van der Waals surface area contributed by atoms with E-state index in [1.165, 1.54) is 11.4 Å². The summed E-state index contributed by atoms with van der Waals surface area (Å²) in [5.41, 5.74) is 2.86. The van der Waals surface area contributed by atoms with E-state index in [-0.39, 0.29) is 0 Å². The molecule has 1 unspecified atom stereocenters. The number of rotatable bonds is 7. The van der Waals surface area contributed by atoms with Crippen LogP contribution in [0.25, 0.3) is 0 Å². The molecule has 0 amide bonds. The van der Waals surface area contributed by atoms with Crippen LogP contribution in [0, 0.1) is 17.3 Å². The minimum absolute atomic E-state index is 0.306. The van der Waals surface area contributed by atoms with Crippen LogP contribution in [0.2, 0.25) is 0 Å². The predicted octanol–water partition coefficient (Wildman–Crippen LogP) is 3.43. The lowest BCUT2D eigenvalue weighted by Gasteiger charge is -2.31. The van der Waals surface area contributed by atoms with Crippen LogP contribution >= 0.6 is 0 Å². The summed E-state index contributed by atoms with van der Waals surface area (Å²) in [6, 6.07) is 2.27. The van der Waals surface area contributed by atoms with Gasteiger partial charge in [0.25, 0.3) is 0 Å². The number of hydrogen-bond donors (Lipinski definition) is 1. The quantitative estimate of drug-likeness (QED) is 0.828. The highest BCUT2D eigenvalue weighted by Gasteiger charge is 2.25. The summed E-state index contributed by atoms with van der Waals surface area (Å²) in [6.45, 7) is 15.9. The Morgan fingerprint density at radius 1 is 1.25 bits per heavy atom. The van der Waals surface area contributed by atoms with Crippen molar-refractivity contribution in [2.75, 3.05) is 13.1 Å². The third kappa shape index (κ3) is 5.28. The summed E-state index contributed by atoms with van der Waals surface area (Å²) in [6.07, 6.45) is 2.11. The number of aromatic nitrogens is 2. The molecule has 1 atom stereocenters. The molecule has 0 radical (unpaired) electrons. The average Bonchev–Trinajstić information content (AvgIpc) is 2.67. The van der Waals surface area contributed by atoms with E-state index in [2.05, 4.69) is 69.8 Å². The van der Waals surface area contributed by atoms with Crippen molar-refractivity contribution in [3.8, 4) is 0 Å². The van der Waals surface area contributed by atoms with Crippen molar-refractivity contribution in [3.05, 3.63) is 17.5 Å². The van der Waals surface area contributed by atoms with E-state index in [1.807, 2.05) is 0 Å². The topological polar surface area (TPSA) is 29.9 Å². The van der Waals surface area contributed by atoms with Gasteiger partial charge in [-0.05, 0) is 49.2 Å². The van der Waals surface area contributed by atoms with Crippen molar-refractivity contribution in [2.24, 2.45) is 24.3 Å². The van der Waals surface area contributed by atoms with Crippen molar-refractivity contribution < 1.29 is 0 Å². The molecule has 1 aromatic heterocycles. The molecule has 1 heterocycles. The van der Waals surface area contributed by atoms with Crippen LogP contribution in [0.5, 0.6) is 0 Å². The highest BCUT2D eigenvalue weighted by Crippen LogP contribution is 2.28. The number of aryl methyl sites for hydroxylation is 2. The van der Waals surface area contributed by atoms with Gasteiger partial charge in [0.1, 0.15) is 0 Å². The van der Waals surface area contributed by atoms with E-state index in [0.717, 1.165) is 25.9 Å². The van der Waals surface area contributed by atoms with Crippen LogP contribution in [0.3, 0.4) is 0 Å². The standard InChI is InChI=1S/C17H33N3/c1-8-15-10-16(20(7)19-15)9-14(17(4,5)6)12-18-11-13(2)3/h10,13-14,18H,8-9,11-12H2,1-7H3. The highest BCUT2D eigenvalue weighted by atomic mass is 15.3. The molecule has 0 aliphatic rings. The Morgan fingerprint density at radius 3 is 2.35 bits per heavy atom. The van der Waals surface area contributed by atoms with Crippen LogP contribution in [0.1, 0.15) is 52.9 Å². The van der Waals surface area contributed by atoms with E-state index in [0.29, 0.717) is 17.3 Å². The Balaban J connectivity index is 2.71. The van der Waals surface area contributed by atoms with Crippen molar-refractivity contribution in [1.29, 1.82) is 0 Å². The Morgan fingerprint density at radius 2 is 1.90 bits per heavy atom. The summed E-state index contributed by atoms with van der Waals surface area (Å²) >= 11 is 0. The summed E-state index contributed by atoms with van der Waals surface area (Å²) in [7, 11) is 2.07. The molecule has 0 bridgehead atoms. The van der Waals surface area contributed by atoms with Crippen LogP contribution in [0.4, 0.5) is 0 Å². The molecule has 0 aliphatic heterocycles. The molecule has 3 heteroatoms. The van der Waals surface area contributed by atoms with Gasteiger partial charge in [-0.25, -0.2) is 0 Å². The van der Waals surface area contributed by atoms with Gasteiger partial charge in [-0.15, -0.1) is 0 Å². The molecule has 3 nitrogen and oxygen atoms in total. The minimum atomic E-state index is 0.306. The van der Waals surface area contributed by atoms with Gasteiger partial charge in [-0.3, -0.25) is 4.68 Å². The van der Waals surface area contributed by atoms with E-state index in [9.17, 15) is 0 Å². The van der Waals surface area contributed by atoms with Gasteiger partial charge in [0.15, 0.2) is 0 Å². The predicted molar refractivity (Wildman–Crippen MR) is 86.9 cm³/mol. The smallest absolute Gasteiger partial charge is 0.0624 e. The maximum absolute atomic E-state index is 4.57. The summed E-state index contributed by atoms with van der Waals surface area (Å²) < 4.78 is 2.06. The lowest BCUT2D eigenvalue weighted by molar-refractivity contribution is 0.225. The second-order valence-corrected chi connectivity index (χ2v) is 7.42. The molecule has 0 aliphatic carbocycles. The van der Waals surface area contributed by atoms with Crippen molar-refractivity contribution in [3.63, 3.8) is 0 Å². The molecule has 0 saturated carbocycles. The SMILES string of the molecule is CCc1cc(CC(CNCC(C)C)C(C)(C)C)n(C)n1. The molecule has 20 heavy (non-hydrogen) atoms. The zero-order valence-electron chi connectivity index (χ0n) is 14.5. The first-order chi connectivity index (χ1) is 9.24. The van der Waals surface area contributed by atoms with Gasteiger partial charge in [0, 0.05) is 12.7 Å². The maximum atomic E-state index is 4.57. The molecule has 0 saturated heterocycles. The second kappa shape index (κ2) is 7.26.